The fourth-order valence-electron chi connectivity index (χ4n) is 1.97. The van der Waals surface area contributed by atoms with Crippen molar-refractivity contribution in [3.63, 3.8) is 0 Å². The van der Waals surface area contributed by atoms with Crippen LogP contribution in [0.1, 0.15) is 11.4 Å². The maximum Gasteiger partial charge on any atom is 0.0675 e. The van der Waals surface area contributed by atoms with E-state index in [1.165, 1.54) is 5.56 Å². The van der Waals surface area contributed by atoms with Crippen LogP contribution in [-0.4, -0.2) is 21.3 Å². The van der Waals surface area contributed by atoms with Gasteiger partial charge in [0.2, 0.25) is 0 Å². The van der Waals surface area contributed by atoms with Crippen molar-refractivity contribution in [2.24, 2.45) is 5.73 Å². The summed E-state index contributed by atoms with van der Waals surface area (Å²) in [5.74, 6) is 0. The molecule has 0 fully saturated rings. The van der Waals surface area contributed by atoms with E-state index in [9.17, 15) is 0 Å². The van der Waals surface area contributed by atoms with Crippen molar-refractivity contribution in [3.8, 4) is 11.1 Å². The highest BCUT2D eigenvalue weighted by molar-refractivity contribution is 5.67. The van der Waals surface area contributed by atoms with Gasteiger partial charge < -0.3 is 5.73 Å². The first-order chi connectivity index (χ1) is 7.74. The molecule has 2 aromatic heterocycles. The second kappa shape index (κ2) is 4.45. The summed E-state index contributed by atoms with van der Waals surface area (Å²) in [6, 6.07) is 3.99. The predicted octanol–water partition coefficient (Wildman–Crippen LogP) is 1.52. The third kappa shape index (κ3) is 1.84. The van der Waals surface area contributed by atoms with E-state index in [1.807, 2.05) is 23.9 Å². The van der Waals surface area contributed by atoms with Gasteiger partial charge in [0.05, 0.1) is 12.2 Å². The number of pyridine rings is 1. The van der Waals surface area contributed by atoms with Crippen molar-refractivity contribution < 1.29 is 0 Å². The van der Waals surface area contributed by atoms with Crippen molar-refractivity contribution in [3.05, 3.63) is 35.9 Å². The average Bonchev–Trinajstić information content (AvgIpc) is 2.56. The van der Waals surface area contributed by atoms with E-state index in [-0.39, 0.29) is 0 Å². The van der Waals surface area contributed by atoms with Gasteiger partial charge in [0.25, 0.3) is 0 Å². The zero-order valence-electron chi connectivity index (χ0n) is 9.64. The molecule has 4 heteroatoms. The Balaban J connectivity index is 2.49. The first-order valence-electron chi connectivity index (χ1n) is 5.38. The molecule has 4 nitrogen and oxygen atoms in total. The second-order valence-corrected chi connectivity index (χ2v) is 3.80. The lowest BCUT2D eigenvalue weighted by Crippen LogP contribution is -2.12. The molecule has 16 heavy (non-hydrogen) atoms. The zero-order chi connectivity index (χ0) is 11.5. The number of hydrogen-bond donors (Lipinski definition) is 1. The van der Waals surface area contributed by atoms with Crippen LogP contribution in [0, 0.1) is 13.8 Å². The highest BCUT2D eigenvalue weighted by Crippen LogP contribution is 2.25. The fourth-order valence-corrected chi connectivity index (χ4v) is 1.97. The Kier molecular flexibility index (Phi) is 3.01. The third-order valence-electron chi connectivity index (χ3n) is 2.67. The molecule has 2 rings (SSSR count). The van der Waals surface area contributed by atoms with E-state index in [4.69, 9.17) is 5.73 Å². The smallest absolute Gasteiger partial charge is 0.0675 e. The number of rotatable bonds is 3. The molecule has 0 saturated carbocycles. The Hall–Kier alpha value is -1.68. The van der Waals surface area contributed by atoms with Crippen LogP contribution in [0.4, 0.5) is 0 Å². The molecule has 0 atom stereocenters. The molecular weight excluding hydrogens is 200 g/mol. The topological polar surface area (TPSA) is 56.7 Å². The summed E-state index contributed by atoms with van der Waals surface area (Å²) in [6.07, 6.45) is 3.64. The third-order valence-corrected chi connectivity index (χ3v) is 2.67. The van der Waals surface area contributed by atoms with Crippen molar-refractivity contribution in [2.75, 3.05) is 6.54 Å². The summed E-state index contributed by atoms with van der Waals surface area (Å²) in [5.41, 5.74) is 10.0. The summed E-state index contributed by atoms with van der Waals surface area (Å²) < 4.78 is 1.96. The van der Waals surface area contributed by atoms with Crippen LogP contribution in [-0.2, 0) is 6.54 Å². The van der Waals surface area contributed by atoms with Crippen LogP contribution in [0.15, 0.2) is 24.5 Å². The summed E-state index contributed by atoms with van der Waals surface area (Å²) in [6.45, 7) is 5.45. The quantitative estimate of drug-likeness (QED) is 0.846. The Bertz CT molecular complexity index is 473. The molecule has 0 saturated heterocycles. The van der Waals surface area contributed by atoms with Gasteiger partial charge in [-0.2, -0.15) is 5.10 Å². The Labute approximate surface area is 95.1 Å². The van der Waals surface area contributed by atoms with E-state index < -0.39 is 0 Å². The van der Waals surface area contributed by atoms with E-state index in [1.54, 1.807) is 6.20 Å². The van der Waals surface area contributed by atoms with Gasteiger partial charge in [-0.1, -0.05) is 6.07 Å². The number of aromatic nitrogens is 3. The van der Waals surface area contributed by atoms with Crippen LogP contribution in [0.2, 0.25) is 0 Å². The summed E-state index contributed by atoms with van der Waals surface area (Å²) in [4.78, 5) is 4.14. The minimum absolute atomic E-state index is 0.606. The first-order valence-corrected chi connectivity index (χ1v) is 5.38. The van der Waals surface area contributed by atoms with Crippen molar-refractivity contribution >= 4 is 0 Å². The minimum atomic E-state index is 0.606. The second-order valence-electron chi connectivity index (χ2n) is 3.80. The highest BCUT2D eigenvalue weighted by atomic mass is 15.3. The van der Waals surface area contributed by atoms with Crippen molar-refractivity contribution in [1.82, 2.24) is 14.8 Å². The lowest BCUT2D eigenvalue weighted by molar-refractivity contribution is 0.604. The Morgan fingerprint density at radius 3 is 2.81 bits per heavy atom. The van der Waals surface area contributed by atoms with Crippen LogP contribution < -0.4 is 5.73 Å². The molecule has 0 radical (unpaired) electrons. The standard InChI is InChI=1S/C12H16N4/c1-9-12(11-4-3-6-14-8-11)10(2)16(15-9)7-5-13/h3-4,6,8H,5,7,13H2,1-2H3. The van der Waals surface area contributed by atoms with E-state index >= 15 is 0 Å². The molecule has 2 heterocycles. The number of aryl methyl sites for hydroxylation is 1. The predicted molar refractivity (Wildman–Crippen MR) is 64.0 cm³/mol. The lowest BCUT2D eigenvalue weighted by Gasteiger charge is -2.03. The van der Waals surface area contributed by atoms with Crippen molar-refractivity contribution in [2.45, 2.75) is 20.4 Å². The molecule has 0 aliphatic carbocycles. The normalized spacial score (nSPS) is 10.7. The Morgan fingerprint density at radius 1 is 1.38 bits per heavy atom. The molecular formula is C12H16N4. The van der Waals surface area contributed by atoms with E-state index in [2.05, 4.69) is 23.1 Å². The van der Waals surface area contributed by atoms with Gasteiger partial charge in [0, 0.05) is 35.8 Å². The van der Waals surface area contributed by atoms with E-state index in [0.29, 0.717) is 6.54 Å². The Morgan fingerprint density at radius 2 is 2.19 bits per heavy atom. The molecule has 0 aliphatic heterocycles. The van der Waals surface area contributed by atoms with Crippen molar-refractivity contribution in [1.29, 1.82) is 0 Å². The molecule has 84 valence electrons. The zero-order valence-corrected chi connectivity index (χ0v) is 9.64. The molecule has 0 spiro atoms. The SMILES string of the molecule is Cc1nn(CCN)c(C)c1-c1cccnc1. The summed E-state index contributed by atoms with van der Waals surface area (Å²) >= 11 is 0. The van der Waals surface area contributed by atoms with E-state index in [0.717, 1.165) is 23.5 Å². The molecule has 0 bridgehead atoms. The van der Waals surface area contributed by atoms with Gasteiger partial charge >= 0.3 is 0 Å². The van der Waals surface area contributed by atoms with Crippen LogP contribution in [0.5, 0.6) is 0 Å². The largest absolute Gasteiger partial charge is 0.329 e. The summed E-state index contributed by atoms with van der Waals surface area (Å²) in [7, 11) is 0. The van der Waals surface area contributed by atoms with Crippen LogP contribution in [0.25, 0.3) is 11.1 Å². The molecule has 0 unspecified atom stereocenters. The van der Waals surface area contributed by atoms with Gasteiger partial charge in [-0.05, 0) is 19.9 Å². The molecule has 2 N–H and O–H groups in total. The number of nitrogens with two attached hydrogens (primary N) is 1. The molecule has 0 aromatic carbocycles. The number of hydrogen-bond acceptors (Lipinski definition) is 3. The van der Waals surface area contributed by atoms with Gasteiger partial charge in [0.1, 0.15) is 0 Å². The highest BCUT2D eigenvalue weighted by Gasteiger charge is 2.12. The molecule has 2 aromatic rings. The number of nitrogens with zero attached hydrogens (tertiary/aromatic N) is 3. The summed E-state index contributed by atoms with van der Waals surface area (Å²) in [5, 5.41) is 4.49. The monoisotopic (exact) mass is 216 g/mol. The maximum atomic E-state index is 5.55. The maximum absolute atomic E-state index is 5.55. The van der Waals surface area contributed by atoms with Gasteiger partial charge in [-0.15, -0.1) is 0 Å². The van der Waals surface area contributed by atoms with Gasteiger partial charge in [-0.25, -0.2) is 0 Å². The van der Waals surface area contributed by atoms with Gasteiger partial charge in [-0.3, -0.25) is 9.67 Å². The van der Waals surface area contributed by atoms with Crippen LogP contribution >= 0.6 is 0 Å². The fraction of sp³-hybridized carbons (Fsp3) is 0.333. The minimum Gasteiger partial charge on any atom is -0.329 e. The molecule has 0 aliphatic rings. The first kappa shape index (κ1) is 10.8. The average molecular weight is 216 g/mol. The lowest BCUT2D eigenvalue weighted by atomic mass is 10.1. The van der Waals surface area contributed by atoms with Gasteiger partial charge in [0.15, 0.2) is 0 Å². The van der Waals surface area contributed by atoms with Crippen LogP contribution in [0.3, 0.4) is 0 Å². The molecule has 0 amide bonds.